The summed E-state index contributed by atoms with van der Waals surface area (Å²) >= 11 is 0. The highest BCUT2D eigenvalue weighted by Gasteiger charge is 2.26. The lowest BCUT2D eigenvalue weighted by atomic mass is 9.97. The fraction of sp³-hybridized carbons (Fsp3) is 0.400. The molecule has 0 saturated carbocycles. The van der Waals surface area contributed by atoms with E-state index < -0.39 is 11.7 Å². The summed E-state index contributed by atoms with van der Waals surface area (Å²) in [4.78, 5) is 35.4. The summed E-state index contributed by atoms with van der Waals surface area (Å²) in [5.74, 6) is -1.15. The number of carbonyl (C=O) groups is 3. The Bertz CT molecular complexity index is 444. The Kier molecular flexibility index (Phi) is 8.08. The van der Waals surface area contributed by atoms with Crippen LogP contribution >= 0.6 is 0 Å². The molecule has 0 spiro atoms. The number of amides is 1. The van der Waals surface area contributed by atoms with Gasteiger partial charge in [-0.25, -0.2) is 0 Å². The Morgan fingerprint density at radius 3 is 2.10 bits per heavy atom. The molecule has 0 aliphatic heterocycles. The second kappa shape index (κ2) is 8.98. The average Bonchev–Trinajstić information content (AvgIpc) is 2.53. The highest BCUT2D eigenvalue weighted by Crippen LogP contribution is 2.13. The first-order valence-electron chi connectivity index (χ1n) is 6.25. The molecule has 5 nitrogen and oxygen atoms in total. The van der Waals surface area contributed by atoms with Gasteiger partial charge in [-0.05, 0) is 19.1 Å². The van der Waals surface area contributed by atoms with Gasteiger partial charge in [0, 0.05) is 31.7 Å². The Morgan fingerprint density at radius 2 is 1.65 bits per heavy atom. The van der Waals surface area contributed by atoms with Crippen LogP contribution in [0.4, 0.5) is 0 Å². The molecule has 20 heavy (non-hydrogen) atoms. The third-order valence-electron chi connectivity index (χ3n) is 3.24. The monoisotopic (exact) mass is 279 g/mol. The number of hydrogen-bond donors (Lipinski definition) is 1. The maximum atomic E-state index is 12.1. The van der Waals surface area contributed by atoms with E-state index in [9.17, 15) is 14.4 Å². The van der Waals surface area contributed by atoms with Crippen LogP contribution in [-0.4, -0.2) is 48.2 Å². The van der Waals surface area contributed by atoms with Crippen molar-refractivity contribution in [2.45, 2.75) is 19.9 Å². The summed E-state index contributed by atoms with van der Waals surface area (Å²) in [6, 6.07) is 8.52. The van der Waals surface area contributed by atoms with Gasteiger partial charge >= 0.3 is 0 Å². The lowest BCUT2D eigenvalue weighted by molar-refractivity contribution is -0.133. The first-order valence-corrected chi connectivity index (χ1v) is 6.25. The molecule has 110 valence electrons. The molecule has 1 N–H and O–H groups in total. The van der Waals surface area contributed by atoms with Gasteiger partial charge in [0.25, 0.3) is 5.91 Å². The Hall–Kier alpha value is -2.01. The molecular weight excluding hydrogens is 258 g/mol. The Balaban J connectivity index is 0.00000172. The number of hydrogen-bond acceptors (Lipinski definition) is 4. The molecule has 0 fully saturated rings. The molecular formula is C15H21NO4. The van der Waals surface area contributed by atoms with Crippen molar-refractivity contribution in [3.8, 4) is 0 Å². The maximum absolute atomic E-state index is 12.1. The zero-order valence-corrected chi connectivity index (χ0v) is 12.2. The van der Waals surface area contributed by atoms with Gasteiger partial charge in [0.15, 0.2) is 12.1 Å². The van der Waals surface area contributed by atoms with Gasteiger partial charge < -0.3 is 10.0 Å². The van der Waals surface area contributed by atoms with Gasteiger partial charge in [-0.3, -0.25) is 14.4 Å². The van der Waals surface area contributed by atoms with Crippen LogP contribution in [0.2, 0.25) is 0 Å². The number of carbonyl (C=O) groups excluding carboxylic acids is 3. The van der Waals surface area contributed by atoms with Crippen molar-refractivity contribution >= 4 is 18.0 Å². The number of nitrogens with zero attached hydrogens (tertiary/aromatic N) is 1. The first-order chi connectivity index (χ1) is 9.49. The molecule has 1 aromatic rings. The van der Waals surface area contributed by atoms with Gasteiger partial charge in [-0.1, -0.05) is 25.1 Å². The van der Waals surface area contributed by atoms with E-state index in [4.69, 9.17) is 5.11 Å². The van der Waals surface area contributed by atoms with Crippen LogP contribution in [-0.2, 0) is 9.59 Å². The molecule has 0 saturated heterocycles. The highest BCUT2D eigenvalue weighted by atomic mass is 16.2. The number of aliphatic hydroxyl groups is 1. The number of aldehydes is 1. The summed E-state index contributed by atoms with van der Waals surface area (Å²) in [6.45, 7) is 3.41. The molecule has 1 amide bonds. The molecule has 0 aromatic heterocycles. The van der Waals surface area contributed by atoms with E-state index >= 15 is 0 Å². The minimum atomic E-state index is -0.500. The molecule has 0 aliphatic rings. The fourth-order valence-corrected chi connectivity index (χ4v) is 1.65. The standard InChI is InChI=1S/C14H17NO3.CH4O/c1-10(13(17)9-16)11(2)15(3)14(18)12-7-5-4-6-8-12;1-2/h4-11H,1-3H3;2H,1H3. The topological polar surface area (TPSA) is 74.7 Å². The third kappa shape index (κ3) is 4.59. The number of Topliss-reactive ketones (excluding diaryl/α,β-unsaturated/α-hetero) is 1. The lowest BCUT2D eigenvalue weighted by Gasteiger charge is -2.28. The van der Waals surface area contributed by atoms with Crippen LogP contribution in [0.5, 0.6) is 0 Å². The van der Waals surface area contributed by atoms with Gasteiger partial charge in [0.1, 0.15) is 0 Å². The fourth-order valence-electron chi connectivity index (χ4n) is 1.65. The molecule has 1 rings (SSSR count). The van der Waals surface area contributed by atoms with E-state index in [2.05, 4.69) is 0 Å². The van der Waals surface area contributed by atoms with Gasteiger partial charge in [0.2, 0.25) is 0 Å². The van der Waals surface area contributed by atoms with E-state index in [1.807, 2.05) is 6.07 Å². The molecule has 1 aromatic carbocycles. The minimum Gasteiger partial charge on any atom is -0.400 e. The quantitative estimate of drug-likeness (QED) is 0.648. The van der Waals surface area contributed by atoms with E-state index in [0.717, 1.165) is 7.11 Å². The summed E-state index contributed by atoms with van der Waals surface area (Å²) in [7, 11) is 2.63. The summed E-state index contributed by atoms with van der Waals surface area (Å²) in [6.07, 6.45) is 0.308. The number of aliphatic hydroxyl groups excluding tert-OH is 1. The molecule has 0 bridgehead atoms. The van der Waals surface area contributed by atoms with E-state index in [1.165, 1.54) is 4.90 Å². The zero-order chi connectivity index (χ0) is 15.7. The highest BCUT2D eigenvalue weighted by molar-refractivity contribution is 6.26. The lowest BCUT2D eigenvalue weighted by Crippen LogP contribution is -2.41. The number of benzene rings is 1. The van der Waals surface area contributed by atoms with Crippen molar-refractivity contribution < 1.29 is 19.5 Å². The number of rotatable bonds is 5. The smallest absolute Gasteiger partial charge is 0.253 e. The van der Waals surface area contributed by atoms with Crippen LogP contribution in [0.3, 0.4) is 0 Å². The molecule has 0 aliphatic carbocycles. The van der Waals surface area contributed by atoms with Crippen molar-refractivity contribution in [2.24, 2.45) is 5.92 Å². The summed E-state index contributed by atoms with van der Waals surface area (Å²) in [5.41, 5.74) is 0.567. The maximum Gasteiger partial charge on any atom is 0.253 e. The molecule has 2 atom stereocenters. The van der Waals surface area contributed by atoms with E-state index in [1.54, 1.807) is 45.2 Å². The van der Waals surface area contributed by atoms with Gasteiger partial charge in [-0.15, -0.1) is 0 Å². The van der Waals surface area contributed by atoms with Gasteiger partial charge in [-0.2, -0.15) is 0 Å². The van der Waals surface area contributed by atoms with Crippen molar-refractivity contribution in [3.63, 3.8) is 0 Å². The van der Waals surface area contributed by atoms with Crippen molar-refractivity contribution in [3.05, 3.63) is 35.9 Å². The normalized spacial score (nSPS) is 12.4. The molecule has 0 heterocycles. The predicted octanol–water partition coefficient (Wildman–Crippen LogP) is 1.16. The second-order valence-electron chi connectivity index (χ2n) is 4.33. The summed E-state index contributed by atoms with van der Waals surface area (Å²) in [5, 5.41) is 7.00. The Morgan fingerprint density at radius 1 is 1.15 bits per heavy atom. The van der Waals surface area contributed by atoms with E-state index in [-0.39, 0.29) is 11.9 Å². The van der Waals surface area contributed by atoms with Crippen LogP contribution in [0, 0.1) is 5.92 Å². The van der Waals surface area contributed by atoms with Crippen LogP contribution < -0.4 is 0 Å². The van der Waals surface area contributed by atoms with Crippen LogP contribution in [0.1, 0.15) is 24.2 Å². The molecule has 2 unspecified atom stereocenters. The van der Waals surface area contributed by atoms with Crippen molar-refractivity contribution in [2.75, 3.05) is 14.2 Å². The van der Waals surface area contributed by atoms with Crippen LogP contribution in [0.25, 0.3) is 0 Å². The van der Waals surface area contributed by atoms with Crippen molar-refractivity contribution in [1.82, 2.24) is 4.90 Å². The molecule has 0 radical (unpaired) electrons. The average molecular weight is 279 g/mol. The SMILES string of the molecule is CC(C(=O)C=O)C(C)N(C)C(=O)c1ccccc1.CO. The van der Waals surface area contributed by atoms with E-state index in [0.29, 0.717) is 11.8 Å². The van der Waals surface area contributed by atoms with Crippen molar-refractivity contribution in [1.29, 1.82) is 0 Å². The predicted molar refractivity (Wildman–Crippen MR) is 76.4 cm³/mol. The largest absolute Gasteiger partial charge is 0.400 e. The molecule has 5 heteroatoms. The summed E-state index contributed by atoms with van der Waals surface area (Å²) < 4.78 is 0. The Labute approximate surface area is 119 Å². The first kappa shape index (κ1) is 18.0. The minimum absolute atomic E-state index is 0.159. The zero-order valence-electron chi connectivity index (χ0n) is 12.2. The number of ketones is 1. The van der Waals surface area contributed by atoms with Crippen LogP contribution in [0.15, 0.2) is 30.3 Å². The van der Waals surface area contributed by atoms with Gasteiger partial charge in [0.05, 0.1) is 0 Å². The third-order valence-corrected chi connectivity index (χ3v) is 3.24. The second-order valence-corrected chi connectivity index (χ2v) is 4.33.